The minimum Gasteiger partial charge on any atom is -0.544 e. The van der Waals surface area contributed by atoms with Gasteiger partial charge in [0, 0.05) is 5.56 Å². The lowest BCUT2D eigenvalue weighted by atomic mass is 10.2. The molecule has 0 amide bonds. The zero-order chi connectivity index (χ0) is 19.0. The van der Waals surface area contributed by atoms with Gasteiger partial charge in [0.1, 0.15) is 5.75 Å². The van der Waals surface area contributed by atoms with Crippen molar-refractivity contribution in [2.75, 3.05) is 0 Å². The van der Waals surface area contributed by atoms with Gasteiger partial charge in [0.25, 0.3) is 0 Å². The maximum absolute atomic E-state index is 10.5. The minimum absolute atomic E-state index is 0.0688. The fraction of sp³-hybridized carbons (Fsp3) is 0.684. The lowest BCUT2D eigenvalue weighted by Crippen LogP contribution is -2.43. The number of hydrogen-bond donors (Lipinski definition) is 1. The van der Waals surface area contributed by atoms with E-state index in [1.54, 1.807) is 0 Å². The van der Waals surface area contributed by atoms with Gasteiger partial charge in [0.15, 0.2) is 14.6 Å². The Kier molecular flexibility index (Phi) is 6.19. The van der Waals surface area contributed by atoms with Crippen molar-refractivity contribution in [1.29, 1.82) is 0 Å². The van der Waals surface area contributed by atoms with Crippen LogP contribution in [0.3, 0.4) is 0 Å². The number of aliphatic hydroxyl groups is 1. The van der Waals surface area contributed by atoms with Crippen LogP contribution in [-0.4, -0.2) is 21.7 Å². The first kappa shape index (κ1) is 21.4. The van der Waals surface area contributed by atoms with Crippen LogP contribution in [0.5, 0.6) is 5.75 Å². The largest absolute Gasteiger partial charge is 0.544 e. The highest BCUT2D eigenvalue weighted by atomic mass is 28.4. The van der Waals surface area contributed by atoms with Gasteiger partial charge >= 0.3 is 0 Å². The van der Waals surface area contributed by atoms with Crippen molar-refractivity contribution >= 4 is 16.6 Å². The van der Waals surface area contributed by atoms with Crippen LogP contribution in [0.15, 0.2) is 24.3 Å². The van der Waals surface area contributed by atoms with Crippen molar-refractivity contribution in [3.05, 3.63) is 29.8 Å². The van der Waals surface area contributed by atoms with Crippen LogP contribution in [-0.2, 0) is 4.43 Å². The lowest BCUT2D eigenvalue weighted by Gasteiger charge is -2.38. The van der Waals surface area contributed by atoms with Gasteiger partial charge in [-0.3, -0.25) is 0 Å². The summed E-state index contributed by atoms with van der Waals surface area (Å²) in [5.41, 5.74) is 0.780. The zero-order valence-corrected chi connectivity index (χ0v) is 19.2. The summed E-state index contributed by atoms with van der Waals surface area (Å²) >= 11 is 0. The Labute approximate surface area is 150 Å². The normalized spacial score (nSPS) is 15.3. The molecular weight excluding hydrogens is 332 g/mol. The molecule has 1 N–H and O–H groups in total. The average Bonchev–Trinajstić information content (AvgIpc) is 2.35. The quantitative estimate of drug-likeness (QED) is 0.505. The molecular formula is C19H36O3Si2. The molecule has 1 atom stereocenters. The van der Waals surface area contributed by atoms with Gasteiger partial charge < -0.3 is 14.0 Å². The Morgan fingerprint density at radius 2 is 1.21 bits per heavy atom. The highest BCUT2D eigenvalue weighted by Crippen LogP contribution is 2.40. The molecule has 0 aromatic heterocycles. The van der Waals surface area contributed by atoms with E-state index in [2.05, 4.69) is 67.7 Å². The Hall–Kier alpha value is -0.626. The van der Waals surface area contributed by atoms with E-state index in [1.165, 1.54) is 0 Å². The van der Waals surface area contributed by atoms with Crippen molar-refractivity contribution in [1.82, 2.24) is 0 Å². The summed E-state index contributed by atoms with van der Waals surface area (Å²) in [6.07, 6.45) is -0.882. The Morgan fingerprint density at radius 3 is 1.58 bits per heavy atom. The van der Waals surface area contributed by atoms with Crippen molar-refractivity contribution in [2.24, 2.45) is 0 Å². The fourth-order valence-corrected chi connectivity index (χ4v) is 3.75. The monoisotopic (exact) mass is 368 g/mol. The van der Waals surface area contributed by atoms with Crippen molar-refractivity contribution < 1.29 is 14.0 Å². The van der Waals surface area contributed by atoms with E-state index in [0.717, 1.165) is 11.3 Å². The first-order valence-electron chi connectivity index (χ1n) is 8.72. The molecule has 0 aliphatic carbocycles. The van der Waals surface area contributed by atoms with E-state index >= 15 is 0 Å². The van der Waals surface area contributed by atoms with Crippen molar-refractivity contribution in [3.8, 4) is 5.75 Å². The van der Waals surface area contributed by atoms with Gasteiger partial charge in [-0.2, -0.15) is 0 Å². The third-order valence-electron chi connectivity index (χ3n) is 5.56. The molecule has 1 aromatic carbocycles. The molecule has 0 fully saturated rings. The molecule has 3 nitrogen and oxygen atoms in total. The van der Waals surface area contributed by atoms with E-state index in [4.69, 9.17) is 8.85 Å². The van der Waals surface area contributed by atoms with Crippen LogP contribution in [0.4, 0.5) is 0 Å². The first-order chi connectivity index (χ1) is 10.6. The second-order valence-electron chi connectivity index (χ2n) is 9.66. The topological polar surface area (TPSA) is 38.7 Å². The smallest absolute Gasteiger partial charge is 0.250 e. The summed E-state index contributed by atoms with van der Waals surface area (Å²) in [5, 5.41) is 10.7. The van der Waals surface area contributed by atoms with Gasteiger partial charge in [0.2, 0.25) is 8.32 Å². The van der Waals surface area contributed by atoms with Gasteiger partial charge in [-0.1, -0.05) is 53.7 Å². The molecule has 0 radical (unpaired) electrons. The number of rotatable bonds is 5. The number of hydrogen-bond acceptors (Lipinski definition) is 3. The molecule has 1 rings (SSSR count). The second kappa shape index (κ2) is 6.94. The van der Waals surface area contributed by atoms with Crippen LogP contribution < -0.4 is 4.43 Å². The van der Waals surface area contributed by atoms with E-state index in [-0.39, 0.29) is 10.1 Å². The van der Waals surface area contributed by atoms with E-state index in [0.29, 0.717) is 0 Å². The predicted molar refractivity (Wildman–Crippen MR) is 108 cm³/mol. The van der Waals surface area contributed by atoms with Crippen molar-refractivity contribution in [3.63, 3.8) is 0 Å². The van der Waals surface area contributed by atoms with E-state index in [1.807, 2.05) is 24.3 Å². The first-order valence-corrected chi connectivity index (χ1v) is 14.5. The maximum atomic E-state index is 10.5. The Morgan fingerprint density at radius 1 is 0.792 bits per heavy atom. The zero-order valence-electron chi connectivity index (χ0n) is 17.2. The molecule has 24 heavy (non-hydrogen) atoms. The highest BCUT2D eigenvalue weighted by Gasteiger charge is 2.40. The number of aliphatic hydroxyl groups excluding tert-OH is 1. The van der Waals surface area contributed by atoms with Gasteiger partial charge in [0.05, 0.1) is 0 Å². The molecule has 5 heteroatoms. The van der Waals surface area contributed by atoms with Crippen LogP contribution in [0.1, 0.15) is 53.4 Å². The van der Waals surface area contributed by atoms with E-state index in [9.17, 15) is 5.11 Å². The van der Waals surface area contributed by atoms with Gasteiger partial charge in [-0.15, -0.1) is 0 Å². The summed E-state index contributed by atoms with van der Waals surface area (Å²) in [4.78, 5) is 0. The molecule has 0 bridgehead atoms. The van der Waals surface area contributed by atoms with E-state index < -0.39 is 22.9 Å². The molecule has 0 saturated heterocycles. The molecule has 0 aliphatic rings. The summed E-state index contributed by atoms with van der Waals surface area (Å²) in [5.74, 6) is 0.866. The van der Waals surface area contributed by atoms with Crippen LogP contribution >= 0.6 is 0 Å². The molecule has 1 unspecified atom stereocenters. The molecule has 0 aliphatic heterocycles. The second-order valence-corrected chi connectivity index (χ2v) is 19.1. The standard InChI is InChI=1S/C19H36O3Si2/c1-18(2,3)23(7,8)21-16-13-11-15(12-14-16)17(20)22-24(9,10)19(4,5)6/h11-14,17,20H,1-10H3. The molecule has 1 aromatic rings. The summed E-state index contributed by atoms with van der Waals surface area (Å²) in [6, 6.07) is 7.68. The van der Waals surface area contributed by atoms with Crippen LogP contribution in [0, 0.1) is 0 Å². The van der Waals surface area contributed by atoms with Crippen LogP contribution in [0.2, 0.25) is 36.3 Å². The third-order valence-corrected chi connectivity index (χ3v) is 14.3. The molecule has 138 valence electrons. The average molecular weight is 369 g/mol. The molecule has 0 heterocycles. The molecule has 0 saturated carbocycles. The Bertz CT molecular complexity index is 537. The maximum Gasteiger partial charge on any atom is 0.250 e. The Balaban J connectivity index is 2.85. The van der Waals surface area contributed by atoms with Gasteiger partial charge in [-0.25, -0.2) is 0 Å². The van der Waals surface area contributed by atoms with Crippen molar-refractivity contribution in [2.45, 2.75) is 84.1 Å². The summed E-state index contributed by atoms with van der Waals surface area (Å²) in [7, 11) is -3.84. The summed E-state index contributed by atoms with van der Waals surface area (Å²) in [6.45, 7) is 21.9. The summed E-state index contributed by atoms with van der Waals surface area (Å²) < 4.78 is 12.3. The molecule has 0 spiro atoms. The number of benzene rings is 1. The SMILES string of the molecule is CC(C)(C)[Si](C)(C)Oc1ccc(C(O)O[Si](C)(C)C(C)(C)C)cc1. The predicted octanol–water partition coefficient (Wildman–Crippen LogP) is 6.08. The minimum atomic E-state index is -2.00. The highest BCUT2D eigenvalue weighted by molar-refractivity contribution is 6.75. The lowest BCUT2D eigenvalue weighted by molar-refractivity contribution is -0.0306. The van der Waals surface area contributed by atoms with Crippen LogP contribution in [0.25, 0.3) is 0 Å². The fourth-order valence-electron chi connectivity index (χ4n) is 1.67. The van der Waals surface area contributed by atoms with Gasteiger partial charge in [-0.05, 0) is 48.4 Å². The third kappa shape index (κ3) is 5.18.